The van der Waals surface area contributed by atoms with Crippen LogP contribution >= 0.6 is 11.8 Å². The van der Waals surface area contributed by atoms with E-state index in [4.69, 9.17) is 4.74 Å². The average molecular weight is 409 g/mol. The molecule has 0 radical (unpaired) electrons. The molecule has 0 saturated heterocycles. The summed E-state index contributed by atoms with van der Waals surface area (Å²) >= 11 is 1.35. The molecule has 0 fully saturated rings. The molecule has 0 aliphatic carbocycles. The second-order valence-corrected chi connectivity index (χ2v) is 7.48. The van der Waals surface area contributed by atoms with Crippen LogP contribution in [0.15, 0.2) is 60.3 Å². The molecule has 0 aliphatic rings. The third-order valence-corrected chi connectivity index (χ3v) is 5.42. The Morgan fingerprint density at radius 1 is 1.17 bits per heavy atom. The van der Waals surface area contributed by atoms with Crippen LogP contribution in [-0.2, 0) is 11.3 Å². The van der Waals surface area contributed by atoms with Crippen LogP contribution in [0.1, 0.15) is 11.1 Å². The molecule has 150 valence electrons. The maximum Gasteiger partial charge on any atom is 0.234 e. The van der Waals surface area contributed by atoms with E-state index in [0.29, 0.717) is 11.7 Å². The fourth-order valence-electron chi connectivity index (χ4n) is 2.96. The number of benzene rings is 2. The molecule has 0 atom stereocenters. The third-order valence-electron chi connectivity index (χ3n) is 4.45. The summed E-state index contributed by atoms with van der Waals surface area (Å²) in [5.41, 5.74) is 3.87. The first kappa shape index (κ1) is 20.7. The normalized spacial score (nSPS) is 10.6. The van der Waals surface area contributed by atoms with Gasteiger partial charge in [-0.25, -0.2) is 0 Å². The van der Waals surface area contributed by atoms with E-state index in [1.807, 2.05) is 60.9 Å². The number of thioether (sulfide) groups is 1. The van der Waals surface area contributed by atoms with Crippen LogP contribution in [-0.4, -0.2) is 33.5 Å². The number of nitrogens with one attached hydrogen (secondary N) is 1. The van der Waals surface area contributed by atoms with Gasteiger partial charge in [0.15, 0.2) is 11.0 Å². The van der Waals surface area contributed by atoms with Crippen molar-refractivity contribution < 1.29 is 9.53 Å². The largest absolute Gasteiger partial charge is 0.497 e. The van der Waals surface area contributed by atoms with E-state index in [2.05, 4.69) is 22.1 Å². The number of para-hydroxylation sites is 1. The Labute approximate surface area is 175 Å². The molecule has 0 bridgehead atoms. The Morgan fingerprint density at radius 3 is 2.48 bits per heavy atom. The van der Waals surface area contributed by atoms with Gasteiger partial charge in [-0.1, -0.05) is 36.0 Å². The molecule has 1 amide bonds. The van der Waals surface area contributed by atoms with E-state index < -0.39 is 0 Å². The Bertz CT molecular complexity index is 992. The maximum absolute atomic E-state index is 12.5. The molecular formula is C22H24N4O2S. The molecule has 6 nitrogen and oxygen atoms in total. The number of ether oxygens (including phenoxy) is 1. The SMILES string of the molecule is C=CCn1c(SCC(=O)Nc2c(C)cccc2C)nnc1-c1ccc(OC)cc1. The summed E-state index contributed by atoms with van der Waals surface area (Å²) in [7, 11) is 1.63. The van der Waals surface area contributed by atoms with Gasteiger partial charge in [0.05, 0.1) is 12.9 Å². The summed E-state index contributed by atoms with van der Waals surface area (Å²) in [5, 5.41) is 12.3. The number of amides is 1. The minimum atomic E-state index is -0.0773. The van der Waals surface area contributed by atoms with Crippen LogP contribution in [0.5, 0.6) is 5.75 Å². The van der Waals surface area contributed by atoms with Gasteiger partial charge in [0.25, 0.3) is 0 Å². The maximum atomic E-state index is 12.5. The summed E-state index contributed by atoms with van der Waals surface area (Å²) in [4.78, 5) is 12.5. The molecule has 7 heteroatoms. The second-order valence-electron chi connectivity index (χ2n) is 6.54. The van der Waals surface area contributed by atoms with Gasteiger partial charge in [0, 0.05) is 17.8 Å². The lowest BCUT2D eigenvalue weighted by Crippen LogP contribution is -2.16. The predicted molar refractivity (Wildman–Crippen MR) is 117 cm³/mol. The lowest BCUT2D eigenvalue weighted by Gasteiger charge is -2.11. The van der Waals surface area contributed by atoms with Crippen LogP contribution in [0.3, 0.4) is 0 Å². The second kappa shape index (κ2) is 9.43. The number of methoxy groups -OCH3 is 1. The predicted octanol–water partition coefficient (Wildman–Crippen LogP) is 4.49. The number of aryl methyl sites for hydroxylation is 2. The zero-order chi connectivity index (χ0) is 20.8. The van der Waals surface area contributed by atoms with Crippen LogP contribution < -0.4 is 10.1 Å². The summed E-state index contributed by atoms with van der Waals surface area (Å²) in [6.07, 6.45) is 1.79. The van der Waals surface area contributed by atoms with Crippen molar-refractivity contribution in [1.82, 2.24) is 14.8 Å². The van der Waals surface area contributed by atoms with E-state index in [1.165, 1.54) is 11.8 Å². The quantitative estimate of drug-likeness (QED) is 0.439. The number of nitrogens with zero attached hydrogens (tertiary/aromatic N) is 3. The highest BCUT2D eigenvalue weighted by atomic mass is 32.2. The highest BCUT2D eigenvalue weighted by Gasteiger charge is 2.16. The molecule has 2 aromatic carbocycles. The van der Waals surface area contributed by atoms with Gasteiger partial charge >= 0.3 is 0 Å². The lowest BCUT2D eigenvalue weighted by molar-refractivity contribution is -0.113. The molecular weight excluding hydrogens is 384 g/mol. The van der Waals surface area contributed by atoms with Gasteiger partial charge in [-0.15, -0.1) is 16.8 Å². The van der Waals surface area contributed by atoms with Crippen LogP contribution in [0.4, 0.5) is 5.69 Å². The van der Waals surface area contributed by atoms with Gasteiger partial charge < -0.3 is 10.1 Å². The van der Waals surface area contributed by atoms with Crippen LogP contribution in [0.25, 0.3) is 11.4 Å². The zero-order valence-corrected chi connectivity index (χ0v) is 17.6. The van der Waals surface area contributed by atoms with Gasteiger partial charge in [0.2, 0.25) is 5.91 Å². The zero-order valence-electron chi connectivity index (χ0n) is 16.8. The summed E-state index contributed by atoms with van der Waals surface area (Å²) < 4.78 is 7.16. The van der Waals surface area contributed by atoms with E-state index in [9.17, 15) is 4.79 Å². The number of carbonyl (C=O) groups excluding carboxylic acids is 1. The first-order valence-electron chi connectivity index (χ1n) is 9.21. The minimum absolute atomic E-state index is 0.0773. The molecule has 0 saturated carbocycles. The van der Waals surface area contributed by atoms with Crippen molar-refractivity contribution in [3.8, 4) is 17.1 Å². The van der Waals surface area contributed by atoms with Crippen molar-refractivity contribution >= 4 is 23.4 Å². The Balaban J connectivity index is 1.74. The lowest BCUT2D eigenvalue weighted by atomic mass is 10.1. The highest BCUT2D eigenvalue weighted by Crippen LogP contribution is 2.26. The number of hydrogen-bond acceptors (Lipinski definition) is 5. The summed E-state index contributed by atoms with van der Waals surface area (Å²) in [6, 6.07) is 13.6. The third kappa shape index (κ3) is 4.86. The van der Waals surface area contributed by atoms with E-state index >= 15 is 0 Å². The Hall–Kier alpha value is -3.06. The molecule has 29 heavy (non-hydrogen) atoms. The number of anilines is 1. The van der Waals surface area contributed by atoms with Crippen molar-refractivity contribution in [2.24, 2.45) is 0 Å². The van der Waals surface area contributed by atoms with Crippen molar-refractivity contribution in [1.29, 1.82) is 0 Å². The molecule has 0 aliphatic heterocycles. The Morgan fingerprint density at radius 2 is 1.86 bits per heavy atom. The number of carbonyl (C=O) groups is 1. The average Bonchev–Trinajstić information content (AvgIpc) is 3.12. The van der Waals surface area contributed by atoms with Gasteiger partial charge in [0.1, 0.15) is 5.75 Å². The van der Waals surface area contributed by atoms with Gasteiger partial charge in [-0.3, -0.25) is 9.36 Å². The van der Waals surface area contributed by atoms with Crippen molar-refractivity contribution in [3.05, 3.63) is 66.2 Å². The standard InChI is InChI=1S/C22H24N4O2S/c1-5-13-26-21(17-9-11-18(28-4)12-10-17)24-25-22(26)29-14-19(27)23-20-15(2)7-6-8-16(20)3/h5-12H,1,13-14H2,2-4H3,(H,23,27). The van der Waals surface area contributed by atoms with E-state index in [-0.39, 0.29) is 11.7 Å². The summed E-state index contributed by atoms with van der Waals surface area (Å²) in [6.45, 7) is 8.34. The number of rotatable bonds is 8. The molecule has 3 rings (SSSR count). The fraction of sp³-hybridized carbons (Fsp3) is 0.227. The number of allylic oxidation sites excluding steroid dienone is 1. The van der Waals surface area contributed by atoms with Crippen LogP contribution in [0, 0.1) is 13.8 Å². The Kier molecular flexibility index (Phi) is 6.72. The monoisotopic (exact) mass is 408 g/mol. The molecule has 1 N–H and O–H groups in total. The molecule has 1 heterocycles. The first-order valence-corrected chi connectivity index (χ1v) is 10.2. The number of hydrogen-bond donors (Lipinski definition) is 1. The van der Waals surface area contributed by atoms with Crippen LogP contribution in [0.2, 0.25) is 0 Å². The minimum Gasteiger partial charge on any atom is -0.497 e. The number of aromatic nitrogens is 3. The molecule has 0 spiro atoms. The smallest absolute Gasteiger partial charge is 0.234 e. The topological polar surface area (TPSA) is 69.0 Å². The fourth-order valence-corrected chi connectivity index (χ4v) is 3.71. The summed E-state index contributed by atoms with van der Waals surface area (Å²) in [5.74, 6) is 1.67. The van der Waals surface area contributed by atoms with Gasteiger partial charge in [-0.05, 0) is 49.2 Å². The van der Waals surface area contributed by atoms with Crippen molar-refractivity contribution in [3.63, 3.8) is 0 Å². The molecule has 0 unspecified atom stereocenters. The van der Waals surface area contributed by atoms with E-state index in [0.717, 1.165) is 34.0 Å². The highest BCUT2D eigenvalue weighted by molar-refractivity contribution is 7.99. The first-order chi connectivity index (χ1) is 14.0. The molecule has 3 aromatic rings. The van der Waals surface area contributed by atoms with Crippen molar-refractivity contribution in [2.75, 3.05) is 18.2 Å². The molecule has 1 aromatic heterocycles. The van der Waals surface area contributed by atoms with Gasteiger partial charge in [-0.2, -0.15) is 0 Å². The van der Waals surface area contributed by atoms with Crippen molar-refractivity contribution in [2.45, 2.75) is 25.5 Å². The van der Waals surface area contributed by atoms with E-state index in [1.54, 1.807) is 13.2 Å².